The van der Waals surface area contributed by atoms with E-state index in [2.05, 4.69) is 11.7 Å². The lowest BCUT2D eigenvalue weighted by atomic mass is 9.95. The van der Waals surface area contributed by atoms with Gasteiger partial charge in [0.2, 0.25) is 0 Å². The van der Waals surface area contributed by atoms with Crippen LogP contribution in [0.25, 0.3) is 5.76 Å². The van der Waals surface area contributed by atoms with Crippen molar-refractivity contribution in [1.29, 1.82) is 0 Å². The molecule has 1 aromatic heterocycles. The monoisotopic (exact) mass is 434 g/mol. The summed E-state index contributed by atoms with van der Waals surface area (Å²) in [6.07, 6.45) is 1.59. The number of nitrogens with zero attached hydrogens (tertiary/aromatic N) is 2. The van der Waals surface area contributed by atoms with Crippen molar-refractivity contribution >= 4 is 23.3 Å². The van der Waals surface area contributed by atoms with Crippen LogP contribution in [0.5, 0.6) is 5.75 Å². The Balaban J connectivity index is 1.86. The smallest absolute Gasteiger partial charge is 0.301 e. The van der Waals surface area contributed by atoms with E-state index in [1.165, 1.54) is 24.3 Å². The van der Waals surface area contributed by atoms with Crippen molar-refractivity contribution in [2.24, 2.45) is 0 Å². The number of hydrogen-bond donors (Lipinski definition) is 1. The maximum Gasteiger partial charge on any atom is 0.301 e. The lowest BCUT2D eigenvalue weighted by molar-refractivity contribution is -0.132. The van der Waals surface area contributed by atoms with Gasteiger partial charge in [-0.1, -0.05) is 36.0 Å². The molecule has 1 aliphatic rings. The van der Waals surface area contributed by atoms with E-state index in [0.717, 1.165) is 4.90 Å². The molecule has 2 heterocycles. The number of ether oxygens (including phenoxy) is 1. The molecule has 4 rings (SSSR count). The Bertz CT molecular complexity index is 1230. The first-order chi connectivity index (χ1) is 15.4. The van der Waals surface area contributed by atoms with Crippen LogP contribution in [0.3, 0.4) is 0 Å². The van der Waals surface area contributed by atoms with Crippen LogP contribution < -0.4 is 9.64 Å². The van der Waals surface area contributed by atoms with Gasteiger partial charge in [0, 0.05) is 17.2 Å². The van der Waals surface area contributed by atoms with Gasteiger partial charge in [-0.3, -0.25) is 14.5 Å². The van der Waals surface area contributed by atoms with E-state index >= 15 is 0 Å². The number of aliphatic hydroxyl groups excluding tert-OH is 1. The zero-order chi connectivity index (χ0) is 22.8. The van der Waals surface area contributed by atoms with Gasteiger partial charge < -0.3 is 14.4 Å². The number of carbonyl (C=O) groups excluding carboxylic acids is 2. The van der Waals surface area contributed by atoms with Crippen molar-refractivity contribution in [3.8, 4) is 5.75 Å². The van der Waals surface area contributed by atoms with Crippen molar-refractivity contribution in [3.05, 3.63) is 95.5 Å². The van der Waals surface area contributed by atoms with E-state index in [0.29, 0.717) is 18.1 Å². The number of Topliss-reactive ketones (excluding diaryl/α,β-unsaturated/α-hetero) is 1. The van der Waals surface area contributed by atoms with Gasteiger partial charge >= 0.3 is 5.91 Å². The fraction of sp³-hybridized carbons (Fsp3) is 0.125. The molecule has 8 heteroatoms. The van der Waals surface area contributed by atoms with Crippen molar-refractivity contribution in [3.63, 3.8) is 0 Å². The Kier molecular flexibility index (Phi) is 5.59. The fourth-order valence-corrected chi connectivity index (χ4v) is 3.55. The molecule has 1 amide bonds. The minimum absolute atomic E-state index is 0.0415. The number of hydrogen-bond acceptors (Lipinski definition) is 6. The molecule has 1 fully saturated rings. The molecule has 0 radical (unpaired) electrons. The van der Waals surface area contributed by atoms with Crippen LogP contribution in [0.1, 0.15) is 22.9 Å². The van der Waals surface area contributed by atoms with E-state index in [-0.39, 0.29) is 22.5 Å². The Morgan fingerprint density at radius 1 is 1.25 bits per heavy atom. The predicted octanol–water partition coefficient (Wildman–Crippen LogP) is 4.31. The molecule has 1 saturated heterocycles. The van der Waals surface area contributed by atoms with E-state index in [1.807, 2.05) is 0 Å². The zero-order valence-electron chi connectivity index (χ0n) is 17.1. The van der Waals surface area contributed by atoms with E-state index in [9.17, 15) is 19.1 Å². The highest BCUT2D eigenvalue weighted by Crippen LogP contribution is 2.42. The molecular formula is C24H19FN2O5. The number of carbonyl (C=O) groups is 2. The van der Waals surface area contributed by atoms with Crippen LogP contribution in [-0.2, 0) is 9.59 Å². The van der Waals surface area contributed by atoms with E-state index < -0.39 is 29.3 Å². The average Bonchev–Trinajstić information content (AvgIpc) is 3.33. The highest BCUT2D eigenvalue weighted by Gasteiger charge is 2.48. The Labute approximate surface area is 183 Å². The number of rotatable bonds is 6. The van der Waals surface area contributed by atoms with Gasteiger partial charge in [-0.15, -0.1) is 0 Å². The molecule has 2 aromatic carbocycles. The Morgan fingerprint density at radius 3 is 2.59 bits per heavy atom. The average molecular weight is 434 g/mol. The largest absolute Gasteiger partial charge is 0.507 e. The van der Waals surface area contributed by atoms with Gasteiger partial charge in [0.15, 0.2) is 5.82 Å². The minimum atomic E-state index is -1.22. The molecule has 162 valence electrons. The van der Waals surface area contributed by atoms with Gasteiger partial charge in [-0.05, 0) is 37.3 Å². The summed E-state index contributed by atoms with van der Waals surface area (Å²) in [6, 6.07) is 12.3. The summed E-state index contributed by atoms with van der Waals surface area (Å²) in [6.45, 7) is 5.51. The number of aromatic nitrogens is 1. The number of aliphatic hydroxyl groups is 1. The molecule has 32 heavy (non-hydrogen) atoms. The molecule has 1 unspecified atom stereocenters. The van der Waals surface area contributed by atoms with Crippen LogP contribution in [0.4, 0.5) is 10.2 Å². The summed E-state index contributed by atoms with van der Waals surface area (Å²) < 4.78 is 25.3. The molecule has 7 nitrogen and oxygen atoms in total. The summed E-state index contributed by atoms with van der Waals surface area (Å²) in [5.41, 5.74) is 0.0620. The molecule has 1 N–H and O–H groups in total. The predicted molar refractivity (Wildman–Crippen MR) is 115 cm³/mol. The van der Waals surface area contributed by atoms with Gasteiger partial charge in [-0.25, -0.2) is 4.39 Å². The minimum Gasteiger partial charge on any atom is -0.507 e. The van der Waals surface area contributed by atoms with Crippen molar-refractivity contribution < 1.29 is 28.3 Å². The number of halogens is 1. The van der Waals surface area contributed by atoms with Crippen molar-refractivity contribution in [1.82, 2.24) is 5.16 Å². The second-order valence-corrected chi connectivity index (χ2v) is 7.11. The third-order valence-electron chi connectivity index (χ3n) is 5.00. The van der Waals surface area contributed by atoms with Gasteiger partial charge in [0.25, 0.3) is 5.78 Å². The summed E-state index contributed by atoms with van der Waals surface area (Å²) in [5, 5.41) is 14.8. The molecule has 0 aliphatic carbocycles. The van der Waals surface area contributed by atoms with Gasteiger partial charge in [0.05, 0.1) is 11.6 Å². The molecular weight excluding hydrogens is 415 g/mol. The second-order valence-electron chi connectivity index (χ2n) is 7.11. The summed E-state index contributed by atoms with van der Waals surface area (Å²) in [4.78, 5) is 26.9. The third kappa shape index (κ3) is 3.66. The van der Waals surface area contributed by atoms with Gasteiger partial charge in [-0.2, -0.15) is 0 Å². The maximum absolute atomic E-state index is 14.8. The maximum atomic E-state index is 14.8. The van der Waals surface area contributed by atoms with Crippen LogP contribution in [0, 0.1) is 12.7 Å². The highest BCUT2D eigenvalue weighted by molar-refractivity contribution is 6.51. The first kappa shape index (κ1) is 21.0. The van der Waals surface area contributed by atoms with Gasteiger partial charge in [0.1, 0.15) is 29.7 Å². The molecule has 0 saturated carbocycles. The summed E-state index contributed by atoms with van der Waals surface area (Å²) in [7, 11) is 0. The topological polar surface area (TPSA) is 92.9 Å². The lowest BCUT2D eigenvalue weighted by Crippen LogP contribution is -2.30. The van der Waals surface area contributed by atoms with E-state index in [1.54, 1.807) is 43.3 Å². The van der Waals surface area contributed by atoms with Crippen LogP contribution in [-0.4, -0.2) is 28.6 Å². The van der Waals surface area contributed by atoms with Crippen LogP contribution in [0.2, 0.25) is 0 Å². The fourth-order valence-electron chi connectivity index (χ4n) is 3.55. The second kappa shape index (κ2) is 8.50. The quantitative estimate of drug-likeness (QED) is 0.269. The normalized spacial score (nSPS) is 17.6. The molecule has 1 atom stereocenters. The number of benzene rings is 2. The standard InChI is InChI=1S/C24H19FN2O5/c1-3-12-31-16-10-8-15(9-11-16)22(28)20-21(17-6-4-5-7-18(17)25)27(24(30)23(20)29)19-13-14(2)32-26-19/h3-11,13,21,28H,1,12H2,2H3/b22-20+. The summed E-state index contributed by atoms with van der Waals surface area (Å²) >= 11 is 0. The third-order valence-corrected chi connectivity index (χ3v) is 5.00. The molecule has 1 aliphatic heterocycles. The number of amides is 1. The van der Waals surface area contributed by atoms with Crippen LogP contribution in [0.15, 0.2) is 77.3 Å². The highest BCUT2D eigenvalue weighted by atomic mass is 19.1. The molecule has 0 bridgehead atoms. The zero-order valence-corrected chi connectivity index (χ0v) is 17.1. The number of aryl methyl sites for hydroxylation is 1. The lowest BCUT2D eigenvalue weighted by Gasteiger charge is -2.23. The van der Waals surface area contributed by atoms with Crippen molar-refractivity contribution in [2.45, 2.75) is 13.0 Å². The molecule has 0 spiro atoms. The first-order valence-electron chi connectivity index (χ1n) is 9.75. The first-order valence-corrected chi connectivity index (χ1v) is 9.75. The SMILES string of the molecule is C=CCOc1ccc(/C(O)=C2\C(=O)C(=O)N(c3cc(C)on3)C2c2ccccc2F)cc1. The summed E-state index contributed by atoms with van der Waals surface area (Å²) in [5.74, 6) is -1.99. The number of ketones is 1. The van der Waals surface area contributed by atoms with Crippen LogP contribution >= 0.6 is 0 Å². The van der Waals surface area contributed by atoms with E-state index in [4.69, 9.17) is 9.26 Å². The Hall–Kier alpha value is -4.20. The van der Waals surface area contributed by atoms with Crippen molar-refractivity contribution in [2.75, 3.05) is 11.5 Å². The number of anilines is 1. The Morgan fingerprint density at radius 2 is 1.97 bits per heavy atom. The molecule has 3 aromatic rings.